The Kier molecular flexibility index (Phi) is 17.3. The van der Waals surface area contributed by atoms with Crippen LogP contribution < -0.4 is 36.5 Å². The molecule has 0 unspecified atom stereocenters. The van der Waals surface area contributed by atoms with Gasteiger partial charge in [-0.3, -0.25) is 28.8 Å². The van der Waals surface area contributed by atoms with Crippen molar-refractivity contribution in [2.45, 2.75) is 55.9 Å². The number of benzene rings is 3. The number of carbonyl (C=O) groups is 7. The van der Waals surface area contributed by atoms with E-state index in [4.69, 9.17) is 15.2 Å². The van der Waals surface area contributed by atoms with Gasteiger partial charge in [-0.25, -0.2) is 0 Å². The number of nitrogens with one attached hydrogen (secondary N) is 4. The maximum absolute atomic E-state index is 15.3. The van der Waals surface area contributed by atoms with Crippen LogP contribution in [0.1, 0.15) is 36.5 Å². The number of hydrogen-bond acceptors (Lipinski definition) is 14. The van der Waals surface area contributed by atoms with Crippen LogP contribution in [0.2, 0.25) is 0 Å². The van der Waals surface area contributed by atoms with E-state index in [1.54, 1.807) is 36.4 Å². The van der Waals surface area contributed by atoms with Crippen LogP contribution in [0.4, 0.5) is 0 Å². The molecule has 0 aliphatic heterocycles. The monoisotopic (exact) mass is 828 g/mol. The average Bonchev–Trinajstić information content (AvgIpc) is 3.24. The Hall–Kier alpha value is -6.85. The topological polar surface area (TPSA) is 256 Å². The molecule has 6 atom stereocenters. The first kappa shape index (κ1) is 47.5. The van der Waals surface area contributed by atoms with Gasteiger partial charge in [-0.15, -0.1) is 0 Å². The third-order valence-corrected chi connectivity index (χ3v) is 9.83. The number of aromatic hydroxyl groups is 2. The quantitative estimate of drug-likeness (QED) is 0.0423. The lowest BCUT2D eigenvalue weighted by molar-refractivity contribution is -0.154. The molecule has 60 heavy (non-hydrogen) atoms. The molecule has 3 rings (SSSR count). The minimum absolute atomic E-state index is 0.00419. The molecule has 3 aromatic rings. The number of phenols is 2. The number of carbonyl (C=O) groups excluding carboxylic acids is 7. The van der Waals surface area contributed by atoms with Crippen molar-refractivity contribution in [2.75, 3.05) is 35.4 Å². The highest BCUT2D eigenvalue weighted by molar-refractivity contribution is 6.16. The van der Waals surface area contributed by atoms with E-state index in [9.17, 15) is 34.2 Å². The van der Waals surface area contributed by atoms with Crippen LogP contribution in [0.25, 0.3) is 6.08 Å². The fourth-order valence-corrected chi connectivity index (χ4v) is 6.46. The Morgan fingerprint density at radius 2 is 1.55 bits per heavy atom. The number of nitrogens with two attached hydrogens (primary N) is 1. The number of ketones is 2. The summed E-state index contributed by atoms with van der Waals surface area (Å²) in [6, 6.07) is 10.6. The fourth-order valence-electron chi connectivity index (χ4n) is 6.46. The summed E-state index contributed by atoms with van der Waals surface area (Å²) in [5.74, 6) is -6.81. The summed E-state index contributed by atoms with van der Waals surface area (Å²) in [5, 5.41) is 31.5. The van der Waals surface area contributed by atoms with E-state index in [1.807, 2.05) is 0 Å². The molecule has 0 saturated carbocycles. The molecule has 0 aromatic heterocycles. The average molecular weight is 829 g/mol. The van der Waals surface area contributed by atoms with Crippen molar-refractivity contribution in [1.82, 2.24) is 26.2 Å². The lowest BCUT2D eigenvalue weighted by atomic mass is 9.70. The summed E-state index contributed by atoms with van der Waals surface area (Å²) < 4.78 is 10.4. The van der Waals surface area contributed by atoms with E-state index in [0.717, 1.165) is 30.2 Å². The molecule has 0 bridgehead atoms. The smallest absolute Gasteiger partial charge is 0.267 e. The van der Waals surface area contributed by atoms with Crippen LogP contribution in [0, 0.1) is 0 Å². The molecule has 320 valence electrons. The summed E-state index contributed by atoms with van der Waals surface area (Å²) in [6.45, 7) is 2.60. The zero-order chi connectivity index (χ0) is 44.7. The number of methoxy groups -OCH3 is 2. The summed E-state index contributed by atoms with van der Waals surface area (Å²) in [4.78, 5) is 98.2. The van der Waals surface area contributed by atoms with E-state index in [-0.39, 0.29) is 35.5 Å². The molecule has 3 aromatic carbocycles. The Balaban J connectivity index is 2.34. The number of amides is 3. The SMILES string of the molecule is CNC(=Cc1ccc(OC)cc1)C(=O)N[C@@H](C)C(=O)[C@@](C=O)([C@H](C(=O)[C@H](C=CC=O)NC(=O)[C@@H](C)N)c1ccc(OC)c(O)c1)N(C)C(=O)[C@H](Cc1ccc(O)cc1)NC. The minimum Gasteiger partial charge on any atom is -0.508 e. The second-order valence-electron chi connectivity index (χ2n) is 13.8. The number of rotatable bonds is 22. The van der Waals surface area contributed by atoms with E-state index >= 15 is 9.59 Å². The fraction of sp³-hybridized carbons (Fsp3) is 0.326. The number of phenolic OH excluding ortho intramolecular Hbond substituents is 2. The Morgan fingerprint density at radius 3 is 2.07 bits per heavy atom. The van der Waals surface area contributed by atoms with Crippen LogP contribution in [0.15, 0.2) is 84.6 Å². The Bertz CT molecular complexity index is 2090. The molecule has 17 nitrogen and oxygen atoms in total. The van der Waals surface area contributed by atoms with E-state index in [1.165, 1.54) is 72.5 Å². The lowest BCUT2D eigenvalue weighted by Gasteiger charge is -2.44. The molecule has 0 saturated heterocycles. The van der Waals surface area contributed by atoms with Gasteiger partial charge < -0.3 is 56.4 Å². The largest absolute Gasteiger partial charge is 0.508 e. The minimum atomic E-state index is -2.85. The second kappa shape index (κ2) is 21.8. The number of Topliss-reactive ketones (excluding diaryl/α,β-unsaturated/α-hetero) is 2. The van der Waals surface area contributed by atoms with E-state index in [0.29, 0.717) is 23.2 Å². The van der Waals surface area contributed by atoms with Gasteiger partial charge in [0.25, 0.3) is 5.91 Å². The highest BCUT2D eigenvalue weighted by atomic mass is 16.5. The van der Waals surface area contributed by atoms with Gasteiger partial charge in [-0.2, -0.15) is 0 Å². The number of hydrogen-bond donors (Lipinski definition) is 7. The van der Waals surface area contributed by atoms with Gasteiger partial charge in [-0.05, 0) is 92.6 Å². The van der Waals surface area contributed by atoms with Crippen LogP contribution in [-0.4, -0.2) is 122 Å². The molecule has 0 aliphatic carbocycles. The molecular formula is C43H52N6O11. The molecule has 0 aliphatic rings. The molecule has 3 amide bonds. The van der Waals surface area contributed by atoms with Crippen molar-refractivity contribution >= 4 is 47.9 Å². The van der Waals surface area contributed by atoms with Crippen molar-refractivity contribution < 1.29 is 53.2 Å². The highest BCUT2D eigenvalue weighted by Gasteiger charge is 2.57. The number of likely N-dealkylation sites (N-methyl/N-ethyl adjacent to an activating group) is 3. The number of allylic oxidation sites excluding steroid dienone is 1. The van der Waals surface area contributed by atoms with Gasteiger partial charge in [0.05, 0.1) is 38.3 Å². The summed E-state index contributed by atoms with van der Waals surface area (Å²) in [5.41, 5.74) is 3.92. The van der Waals surface area contributed by atoms with Gasteiger partial charge in [0, 0.05) is 14.1 Å². The maximum atomic E-state index is 15.3. The van der Waals surface area contributed by atoms with Gasteiger partial charge in [0.1, 0.15) is 29.5 Å². The van der Waals surface area contributed by atoms with Crippen molar-refractivity contribution in [3.63, 3.8) is 0 Å². The zero-order valence-corrected chi connectivity index (χ0v) is 34.4. The predicted octanol–water partition coefficient (Wildman–Crippen LogP) is 0.916. The van der Waals surface area contributed by atoms with Crippen molar-refractivity contribution in [3.05, 3.63) is 101 Å². The van der Waals surface area contributed by atoms with Crippen LogP contribution >= 0.6 is 0 Å². The van der Waals surface area contributed by atoms with Crippen molar-refractivity contribution in [3.8, 4) is 23.0 Å². The summed E-state index contributed by atoms with van der Waals surface area (Å²) >= 11 is 0. The van der Waals surface area contributed by atoms with Crippen LogP contribution in [0.5, 0.6) is 23.0 Å². The molecule has 0 fully saturated rings. The van der Waals surface area contributed by atoms with Crippen molar-refractivity contribution in [2.24, 2.45) is 5.73 Å². The Labute approximate surface area is 348 Å². The van der Waals surface area contributed by atoms with Crippen molar-refractivity contribution in [1.29, 1.82) is 0 Å². The number of aldehydes is 2. The second-order valence-corrected chi connectivity index (χ2v) is 13.8. The summed E-state index contributed by atoms with van der Waals surface area (Å²) in [6.07, 6.45) is 3.84. The lowest BCUT2D eigenvalue weighted by Crippen LogP contribution is -2.69. The molecule has 0 spiro atoms. The molecule has 17 heteroatoms. The van der Waals surface area contributed by atoms with E-state index in [2.05, 4.69) is 21.3 Å². The van der Waals surface area contributed by atoms with Crippen LogP contribution in [-0.2, 0) is 40.0 Å². The first-order valence-electron chi connectivity index (χ1n) is 18.7. The van der Waals surface area contributed by atoms with Gasteiger partial charge in [0.2, 0.25) is 11.8 Å². The number of nitrogens with zero attached hydrogens (tertiary/aromatic N) is 1. The van der Waals surface area contributed by atoms with Gasteiger partial charge >= 0.3 is 0 Å². The third-order valence-electron chi connectivity index (χ3n) is 9.83. The Morgan fingerprint density at radius 1 is 0.900 bits per heavy atom. The zero-order valence-electron chi connectivity index (χ0n) is 34.4. The normalized spacial score (nSPS) is 14.9. The molecule has 8 N–H and O–H groups in total. The first-order chi connectivity index (χ1) is 28.5. The van der Waals surface area contributed by atoms with Gasteiger partial charge in [-0.1, -0.05) is 36.4 Å². The van der Waals surface area contributed by atoms with E-state index < -0.39 is 70.7 Å². The molecule has 0 radical (unpaired) electrons. The predicted molar refractivity (Wildman–Crippen MR) is 222 cm³/mol. The van der Waals surface area contributed by atoms with Gasteiger partial charge in [0.15, 0.2) is 34.9 Å². The van der Waals surface area contributed by atoms with Crippen LogP contribution in [0.3, 0.4) is 0 Å². The summed E-state index contributed by atoms with van der Waals surface area (Å²) in [7, 11) is 6.85. The maximum Gasteiger partial charge on any atom is 0.267 e. The highest BCUT2D eigenvalue weighted by Crippen LogP contribution is 2.39. The third kappa shape index (κ3) is 11.2. The number of ether oxygens (including phenoxy) is 2. The first-order valence-corrected chi connectivity index (χ1v) is 18.7. The molecule has 0 heterocycles. The molecular weight excluding hydrogens is 777 g/mol. The standard InChI is InChI=1S/C43H52N6O11/c1-25(44)40(56)48-32(9-8-20-50)38(54)37(29-14-19-36(60-7)35(53)23-29)43(24-51,49(5)42(58)34(46-4)22-27-10-15-30(52)16-11-27)39(55)26(2)47-41(57)33(45-3)21-28-12-17-31(59-6)18-13-28/h8-21,23-26,32,34,37,45-46,52-53H,22,44H2,1-7H3,(H,47,57)(H,48,56)/t25-,26+,32+,34+,37+,43-/m1/s1.